The van der Waals surface area contributed by atoms with E-state index >= 15 is 0 Å². The molecule has 0 amide bonds. The molecular weight excluding hydrogens is 284 g/mol. The smallest absolute Gasteiger partial charge is 0.351 e. The number of ether oxygens (including phenoxy) is 1. The lowest BCUT2D eigenvalue weighted by Gasteiger charge is -2.40. The van der Waals surface area contributed by atoms with Gasteiger partial charge in [0.25, 0.3) is 0 Å². The van der Waals surface area contributed by atoms with Gasteiger partial charge in [-0.3, -0.25) is 4.57 Å². The first-order chi connectivity index (χ1) is 9.99. The molecule has 1 fully saturated rings. The van der Waals surface area contributed by atoms with Crippen molar-refractivity contribution < 1.29 is 20.1 Å². The third kappa shape index (κ3) is 2.82. The van der Waals surface area contributed by atoms with Crippen LogP contribution < -0.4 is 11.4 Å². The van der Waals surface area contributed by atoms with E-state index in [4.69, 9.17) is 16.0 Å². The van der Waals surface area contributed by atoms with Gasteiger partial charge in [0.1, 0.15) is 18.0 Å². The molecule has 1 aliphatic heterocycles. The van der Waals surface area contributed by atoms with Gasteiger partial charge in [0, 0.05) is 11.1 Å². The maximum Gasteiger partial charge on any atom is 0.351 e. The molecule has 0 bridgehead atoms. The second-order valence-electron chi connectivity index (χ2n) is 4.47. The van der Waals surface area contributed by atoms with Crippen LogP contribution in [0.2, 0.25) is 0 Å². The summed E-state index contributed by atoms with van der Waals surface area (Å²) >= 11 is 0. The molecule has 114 valence electrons. The monoisotopic (exact) mass is 298 g/mol. The Bertz CT molecular complexity index is 614. The van der Waals surface area contributed by atoms with E-state index < -0.39 is 42.9 Å². The molecule has 0 radical (unpaired) electrons. The third-order valence-electron chi connectivity index (χ3n) is 3.18. The number of nitrogen functional groups attached to an aromatic ring is 1. The summed E-state index contributed by atoms with van der Waals surface area (Å²) in [5, 5.41) is 32.5. The molecule has 5 atom stereocenters. The molecule has 2 rings (SSSR count). The highest BCUT2D eigenvalue weighted by Gasteiger charge is 2.45. The lowest BCUT2D eigenvalue weighted by molar-refractivity contribution is -0.215. The molecule has 1 aromatic heterocycles. The van der Waals surface area contributed by atoms with Gasteiger partial charge in [-0.05, 0) is 11.6 Å². The lowest BCUT2D eigenvalue weighted by Crippen LogP contribution is -2.56. The number of aliphatic hydroxyl groups excluding tert-OH is 3. The largest absolute Gasteiger partial charge is 0.394 e. The van der Waals surface area contributed by atoms with Crippen molar-refractivity contribution >= 4 is 5.82 Å². The van der Waals surface area contributed by atoms with Crippen LogP contribution in [0.5, 0.6) is 0 Å². The number of nitrogens with zero attached hydrogens (tertiary/aromatic N) is 5. The van der Waals surface area contributed by atoms with Crippen molar-refractivity contribution in [3.05, 3.63) is 33.2 Å². The summed E-state index contributed by atoms with van der Waals surface area (Å²) in [4.78, 5) is 17.8. The van der Waals surface area contributed by atoms with Crippen molar-refractivity contribution in [3.63, 3.8) is 0 Å². The van der Waals surface area contributed by atoms with E-state index in [0.29, 0.717) is 0 Å². The second kappa shape index (κ2) is 6.08. The summed E-state index contributed by atoms with van der Waals surface area (Å²) in [7, 11) is 0. The summed E-state index contributed by atoms with van der Waals surface area (Å²) in [6, 6.07) is 0.0364. The molecule has 1 saturated heterocycles. The van der Waals surface area contributed by atoms with Crippen LogP contribution in [0.4, 0.5) is 5.82 Å². The number of hydrogen-bond donors (Lipinski definition) is 4. The first-order valence-corrected chi connectivity index (χ1v) is 6.01. The predicted molar refractivity (Wildman–Crippen MR) is 68.9 cm³/mol. The molecule has 1 aromatic rings. The standard InChI is InChI=1S/C10H14N6O5/c11-5-1-2-16(10(20)13-5)9-8(19)6(14-15-12)7(18)4(3-17)21-9/h1-2,4,6-9,17-19H,3H2,(H2,11,13,20)/t4-,6+,7-,8-,9-/m1/s1. The Hall–Kier alpha value is -2.17. The van der Waals surface area contributed by atoms with Crippen LogP contribution in [0.1, 0.15) is 6.23 Å². The Morgan fingerprint density at radius 1 is 1.52 bits per heavy atom. The molecule has 0 saturated carbocycles. The van der Waals surface area contributed by atoms with Gasteiger partial charge < -0.3 is 25.8 Å². The first-order valence-electron chi connectivity index (χ1n) is 6.01. The van der Waals surface area contributed by atoms with Gasteiger partial charge in [-0.1, -0.05) is 5.11 Å². The number of azide groups is 1. The minimum absolute atomic E-state index is 0.00751. The quantitative estimate of drug-likeness (QED) is 0.286. The van der Waals surface area contributed by atoms with Crippen LogP contribution in [0.3, 0.4) is 0 Å². The SMILES string of the molecule is [N-]=[N+]=N[C@@H]1[C@@H](O)[C@H](n2ccc(N)nc2=O)O[C@H](CO)[C@H]1O. The molecule has 1 aliphatic rings. The zero-order valence-electron chi connectivity index (χ0n) is 10.7. The molecule has 2 heterocycles. The molecule has 11 heteroatoms. The Labute approximate surface area is 117 Å². The zero-order chi connectivity index (χ0) is 15.6. The van der Waals surface area contributed by atoms with Crippen LogP contribution in [-0.2, 0) is 4.74 Å². The highest BCUT2D eigenvalue weighted by atomic mass is 16.5. The van der Waals surface area contributed by atoms with E-state index in [0.717, 1.165) is 4.57 Å². The van der Waals surface area contributed by atoms with E-state index in [-0.39, 0.29) is 5.82 Å². The highest BCUT2D eigenvalue weighted by Crippen LogP contribution is 2.29. The second-order valence-corrected chi connectivity index (χ2v) is 4.47. The van der Waals surface area contributed by atoms with Crippen molar-refractivity contribution in [2.45, 2.75) is 30.6 Å². The molecule has 21 heavy (non-hydrogen) atoms. The van der Waals surface area contributed by atoms with Crippen LogP contribution in [0.25, 0.3) is 10.4 Å². The lowest BCUT2D eigenvalue weighted by atomic mass is 9.96. The number of nitrogens with two attached hydrogens (primary N) is 1. The summed E-state index contributed by atoms with van der Waals surface area (Å²) in [6.07, 6.45) is -4.06. The molecule has 0 spiro atoms. The van der Waals surface area contributed by atoms with Crippen LogP contribution in [-0.4, -0.2) is 55.8 Å². The van der Waals surface area contributed by atoms with Crippen molar-refractivity contribution in [2.75, 3.05) is 12.3 Å². The number of aromatic nitrogens is 2. The van der Waals surface area contributed by atoms with E-state index in [1.165, 1.54) is 12.3 Å². The van der Waals surface area contributed by atoms with Crippen LogP contribution >= 0.6 is 0 Å². The maximum atomic E-state index is 11.8. The molecule has 5 N–H and O–H groups in total. The van der Waals surface area contributed by atoms with E-state index in [2.05, 4.69) is 15.0 Å². The average molecular weight is 298 g/mol. The zero-order valence-corrected chi connectivity index (χ0v) is 10.7. The molecule has 11 nitrogen and oxygen atoms in total. The van der Waals surface area contributed by atoms with Crippen molar-refractivity contribution in [2.24, 2.45) is 5.11 Å². The molecule has 0 aromatic carbocycles. The summed E-state index contributed by atoms with van der Waals surface area (Å²) in [5.74, 6) is -0.00751. The molecule has 0 aliphatic carbocycles. The van der Waals surface area contributed by atoms with Crippen LogP contribution in [0.15, 0.2) is 22.2 Å². The van der Waals surface area contributed by atoms with Crippen molar-refractivity contribution in [3.8, 4) is 0 Å². The van der Waals surface area contributed by atoms with Crippen LogP contribution in [0, 0.1) is 0 Å². The Morgan fingerprint density at radius 2 is 2.24 bits per heavy atom. The summed E-state index contributed by atoms with van der Waals surface area (Å²) < 4.78 is 6.23. The average Bonchev–Trinajstić information content (AvgIpc) is 2.45. The van der Waals surface area contributed by atoms with Crippen molar-refractivity contribution in [1.29, 1.82) is 0 Å². The molecular formula is C10H14N6O5. The van der Waals surface area contributed by atoms with E-state index in [9.17, 15) is 20.1 Å². The van der Waals surface area contributed by atoms with Gasteiger partial charge in [0.05, 0.1) is 18.8 Å². The normalized spacial score (nSPS) is 32.4. The van der Waals surface area contributed by atoms with E-state index in [1.54, 1.807) is 0 Å². The fourth-order valence-corrected chi connectivity index (χ4v) is 2.13. The fraction of sp³-hybridized carbons (Fsp3) is 0.600. The number of anilines is 1. The summed E-state index contributed by atoms with van der Waals surface area (Å²) in [5.41, 5.74) is 13.1. The van der Waals surface area contributed by atoms with Crippen molar-refractivity contribution in [1.82, 2.24) is 9.55 Å². The van der Waals surface area contributed by atoms with E-state index in [1.807, 2.05) is 0 Å². The Kier molecular flexibility index (Phi) is 4.40. The van der Waals surface area contributed by atoms with Gasteiger partial charge in [-0.2, -0.15) is 4.98 Å². The molecule has 0 unspecified atom stereocenters. The number of hydrogen-bond acceptors (Lipinski definition) is 8. The Morgan fingerprint density at radius 3 is 2.81 bits per heavy atom. The topological polar surface area (TPSA) is 180 Å². The van der Waals surface area contributed by atoms with Gasteiger partial charge in [-0.25, -0.2) is 4.79 Å². The first kappa shape index (κ1) is 15.2. The number of rotatable bonds is 3. The van der Waals surface area contributed by atoms with Gasteiger partial charge in [0.2, 0.25) is 0 Å². The van der Waals surface area contributed by atoms with Gasteiger partial charge in [-0.15, -0.1) is 0 Å². The maximum absolute atomic E-state index is 11.8. The summed E-state index contributed by atoms with van der Waals surface area (Å²) in [6.45, 7) is -0.584. The number of aliphatic hydroxyl groups is 3. The van der Waals surface area contributed by atoms with Gasteiger partial charge >= 0.3 is 5.69 Å². The minimum Gasteiger partial charge on any atom is -0.394 e. The highest BCUT2D eigenvalue weighted by molar-refractivity contribution is 5.23. The third-order valence-corrected chi connectivity index (χ3v) is 3.18. The minimum atomic E-state index is -1.50. The van der Waals surface area contributed by atoms with Gasteiger partial charge in [0.15, 0.2) is 6.23 Å². The fourth-order valence-electron chi connectivity index (χ4n) is 2.13. The predicted octanol–water partition coefficient (Wildman–Crippen LogP) is -1.88. The Balaban J connectivity index is 2.42.